The molecular formula is C30H64N2O2S. The highest BCUT2D eigenvalue weighted by molar-refractivity contribution is 8.00. The molecule has 0 aromatic carbocycles. The molecule has 2 N–H and O–H groups in total. The van der Waals surface area contributed by atoms with Crippen LogP contribution in [0.15, 0.2) is 0 Å². The highest BCUT2D eigenvalue weighted by atomic mass is 32.2. The highest BCUT2D eigenvalue weighted by Crippen LogP contribution is 2.25. The quantitative estimate of drug-likeness (QED) is 0.106. The van der Waals surface area contributed by atoms with E-state index in [1.807, 2.05) is 11.8 Å². The Hall–Kier alpha value is 0.190. The highest BCUT2D eigenvalue weighted by Gasteiger charge is 2.17. The van der Waals surface area contributed by atoms with Gasteiger partial charge in [0.15, 0.2) is 0 Å². The standard InChI is InChI=1S/C30H64N2O2S/c1-5-9-13-21-31(22-14-10-6-2)25-17-19-29(27-33)35-30(28-34)20-18-26-32(23-15-11-7-3)24-16-12-8-4/h29-30,33-34H,5-28H2,1-4H3. The second-order valence-electron chi connectivity index (χ2n) is 10.5. The van der Waals surface area contributed by atoms with Crippen molar-refractivity contribution in [1.29, 1.82) is 0 Å². The molecule has 0 aliphatic heterocycles. The maximum atomic E-state index is 10.0. The summed E-state index contributed by atoms with van der Waals surface area (Å²) in [6.45, 7) is 16.8. The molecule has 0 bridgehead atoms. The summed E-state index contributed by atoms with van der Waals surface area (Å²) in [6.07, 6.45) is 20.1. The van der Waals surface area contributed by atoms with E-state index in [-0.39, 0.29) is 23.7 Å². The van der Waals surface area contributed by atoms with Crippen LogP contribution in [-0.4, -0.2) is 83.0 Å². The lowest BCUT2D eigenvalue weighted by Gasteiger charge is -2.26. The van der Waals surface area contributed by atoms with E-state index < -0.39 is 0 Å². The smallest absolute Gasteiger partial charge is 0.0550 e. The van der Waals surface area contributed by atoms with Crippen LogP contribution >= 0.6 is 11.8 Å². The average molecular weight is 517 g/mol. The lowest BCUT2D eigenvalue weighted by molar-refractivity contribution is 0.243. The minimum absolute atomic E-state index is 0.229. The Balaban J connectivity index is 4.42. The lowest BCUT2D eigenvalue weighted by Crippen LogP contribution is -2.29. The van der Waals surface area contributed by atoms with Crippen LogP contribution in [-0.2, 0) is 0 Å². The Bertz CT molecular complexity index is 358. The molecule has 0 aromatic heterocycles. The minimum Gasteiger partial charge on any atom is -0.395 e. The van der Waals surface area contributed by atoms with Gasteiger partial charge in [0.25, 0.3) is 0 Å². The third-order valence-electron chi connectivity index (χ3n) is 7.10. The van der Waals surface area contributed by atoms with Gasteiger partial charge in [0.1, 0.15) is 0 Å². The van der Waals surface area contributed by atoms with Gasteiger partial charge < -0.3 is 20.0 Å². The van der Waals surface area contributed by atoms with Crippen LogP contribution in [0, 0.1) is 0 Å². The Morgan fingerprint density at radius 3 is 1.00 bits per heavy atom. The maximum absolute atomic E-state index is 10.0. The van der Waals surface area contributed by atoms with Crippen molar-refractivity contribution in [3.05, 3.63) is 0 Å². The van der Waals surface area contributed by atoms with Gasteiger partial charge in [-0.25, -0.2) is 0 Å². The third kappa shape index (κ3) is 21.9. The zero-order valence-corrected chi connectivity index (χ0v) is 25.1. The monoisotopic (exact) mass is 516 g/mol. The van der Waals surface area contributed by atoms with E-state index in [9.17, 15) is 10.2 Å². The van der Waals surface area contributed by atoms with Gasteiger partial charge in [-0.3, -0.25) is 0 Å². The van der Waals surface area contributed by atoms with Crippen LogP contribution in [0.1, 0.15) is 130 Å². The molecule has 0 aromatic rings. The van der Waals surface area contributed by atoms with Crippen LogP contribution < -0.4 is 0 Å². The van der Waals surface area contributed by atoms with Crippen molar-refractivity contribution >= 4 is 11.8 Å². The summed E-state index contributed by atoms with van der Waals surface area (Å²) < 4.78 is 0. The predicted octanol–water partition coefficient (Wildman–Crippen LogP) is 7.37. The fourth-order valence-electron chi connectivity index (χ4n) is 4.77. The predicted molar refractivity (Wildman–Crippen MR) is 159 cm³/mol. The topological polar surface area (TPSA) is 46.9 Å². The molecule has 0 saturated heterocycles. The van der Waals surface area contributed by atoms with Gasteiger partial charge in [0.05, 0.1) is 13.2 Å². The summed E-state index contributed by atoms with van der Waals surface area (Å²) in [5.41, 5.74) is 0. The van der Waals surface area contributed by atoms with Crippen molar-refractivity contribution in [3.8, 4) is 0 Å². The first kappa shape index (κ1) is 35.2. The molecule has 35 heavy (non-hydrogen) atoms. The largest absolute Gasteiger partial charge is 0.395 e. The molecular weight excluding hydrogens is 452 g/mol. The number of hydrogen-bond donors (Lipinski definition) is 2. The molecule has 0 heterocycles. The molecule has 0 rings (SSSR count). The molecule has 2 atom stereocenters. The second-order valence-corrected chi connectivity index (χ2v) is 12.1. The van der Waals surface area contributed by atoms with Crippen molar-refractivity contribution in [2.45, 2.75) is 141 Å². The van der Waals surface area contributed by atoms with Gasteiger partial charge in [0, 0.05) is 10.5 Å². The van der Waals surface area contributed by atoms with Gasteiger partial charge in [-0.2, -0.15) is 11.8 Å². The van der Waals surface area contributed by atoms with Crippen LogP contribution in [0.2, 0.25) is 0 Å². The number of thioether (sulfide) groups is 1. The molecule has 212 valence electrons. The zero-order chi connectivity index (χ0) is 26.0. The van der Waals surface area contributed by atoms with Crippen molar-refractivity contribution < 1.29 is 10.2 Å². The van der Waals surface area contributed by atoms with Crippen LogP contribution in [0.25, 0.3) is 0 Å². The SMILES string of the molecule is CCCCCN(CCCCC)CCCC(CO)SC(CO)CCCN(CCCCC)CCCCC. The van der Waals surface area contributed by atoms with Gasteiger partial charge in [-0.05, 0) is 90.6 Å². The fraction of sp³-hybridized carbons (Fsp3) is 1.00. The fourth-order valence-corrected chi connectivity index (χ4v) is 6.10. The van der Waals surface area contributed by atoms with E-state index in [1.54, 1.807) is 0 Å². The Morgan fingerprint density at radius 2 is 0.743 bits per heavy atom. The van der Waals surface area contributed by atoms with Crippen molar-refractivity contribution in [1.82, 2.24) is 9.80 Å². The summed E-state index contributed by atoms with van der Waals surface area (Å²) in [4.78, 5) is 5.30. The zero-order valence-electron chi connectivity index (χ0n) is 24.3. The minimum atomic E-state index is 0.229. The van der Waals surface area contributed by atoms with Crippen molar-refractivity contribution in [3.63, 3.8) is 0 Å². The molecule has 2 unspecified atom stereocenters. The second kappa shape index (κ2) is 27.2. The number of aliphatic hydroxyl groups is 2. The number of unbranched alkanes of at least 4 members (excludes halogenated alkanes) is 8. The number of rotatable bonds is 28. The van der Waals surface area contributed by atoms with Gasteiger partial charge >= 0.3 is 0 Å². The normalized spacial score (nSPS) is 13.7. The Labute approximate surface area is 225 Å². The molecule has 0 fully saturated rings. The summed E-state index contributed by atoms with van der Waals surface area (Å²) >= 11 is 1.84. The molecule has 4 nitrogen and oxygen atoms in total. The van der Waals surface area contributed by atoms with E-state index in [0.29, 0.717) is 0 Å². The van der Waals surface area contributed by atoms with Gasteiger partial charge in [-0.1, -0.05) is 79.1 Å². The molecule has 0 radical (unpaired) electrons. The first-order valence-electron chi connectivity index (χ1n) is 15.5. The van der Waals surface area contributed by atoms with Gasteiger partial charge in [-0.15, -0.1) is 0 Å². The van der Waals surface area contributed by atoms with E-state index >= 15 is 0 Å². The molecule has 0 aliphatic rings. The molecule has 0 amide bonds. The first-order valence-corrected chi connectivity index (χ1v) is 16.4. The molecule has 5 heteroatoms. The summed E-state index contributed by atoms with van der Waals surface area (Å²) in [7, 11) is 0. The van der Waals surface area contributed by atoms with E-state index in [1.165, 1.54) is 103 Å². The van der Waals surface area contributed by atoms with Gasteiger partial charge in [0.2, 0.25) is 0 Å². The molecule has 0 spiro atoms. The summed E-state index contributed by atoms with van der Waals surface area (Å²) in [6, 6.07) is 0. The van der Waals surface area contributed by atoms with Crippen LogP contribution in [0.5, 0.6) is 0 Å². The maximum Gasteiger partial charge on any atom is 0.0550 e. The Morgan fingerprint density at radius 1 is 0.457 bits per heavy atom. The van der Waals surface area contributed by atoms with Crippen LogP contribution in [0.3, 0.4) is 0 Å². The lowest BCUT2D eigenvalue weighted by atomic mass is 10.2. The summed E-state index contributed by atoms with van der Waals surface area (Å²) in [5.74, 6) is 0. The third-order valence-corrected chi connectivity index (χ3v) is 8.64. The summed E-state index contributed by atoms with van der Waals surface area (Å²) in [5, 5.41) is 20.5. The number of nitrogens with zero attached hydrogens (tertiary/aromatic N) is 2. The average Bonchev–Trinajstić information content (AvgIpc) is 2.87. The van der Waals surface area contributed by atoms with E-state index in [2.05, 4.69) is 37.5 Å². The number of aliphatic hydroxyl groups excluding tert-OH is 2. The number of hydrogen-bond acceptors (Lipinski definition) is 5. The molecule has 0 saturated carbocycles. The van der Waals surface area contributed by atoms with E-state index in [0.717, 1.165) is 38.8 Å². The Kier molecular flexibility index (Phi) is 27.4. The van der Waals surface area contributed by atoms with E-state index in [4.69, 9.17) is 0 Å². The van der Waals surface area contributed by atoms with Crippen molar-refractivity contribution in [2.24, 2.45) is 0 Å². The van der Waals surface area contributed by atoms with Crippen LogP contribution in [0.4, 0.5) is 0 Å². The molecule has 0 aliphatic carbocycles. The first-order chi connectivity index (χ1) is 17.1. The van der Waals surface area contributed by atoms with Crippen molar-refractivity contribution in [2.75, 3.05) is 52.5 Å².